The monoisotopic (exact) mass is 303 g/mol. The smallest absolute Gasteiger partial charge is 0.251 e. The zero-order chi connectivity index (χ0) is 16.2. The molecule has 0 saturated carbocycles. The fraction of sp³-hybridized carbons (Fsp3) is 0.529. The maximum atomic E-state index is 12.1. The van der Waals surface area contributed by atoms with Crippen molar-refractivity contribution in [3.8, 4) is 0 Å². The lowest BCUT2D eigenvalue weighted by molar-refractivity contribution is -0.128. The van der Waals surface area contributed by atoms with Gasteiger partial charge in [-0.3, -0.25) is 9.59 Å². The third-order valence-electron chi connectivity index (χ3n) is 3.75. The van der Waals surface area contributed by atoms with E-state index in [4.69, 9.17) is 0 Å². The van der Waals surface area contributed by atoms with E-state index in [0.717, 1.165) is 25.1 Å². The number of rotatable bonds is 4. The molecule has 3 N–H and O–H groups in total. The van der Waals surface area contributed by atoms with Gasteiger partial charge in [-0.25, -0.2) is 0 Å². The first-order valence-corrected chi connectivity index (χ1v) is 7.75. The molecule has 1 unspecified atom stereocenters. The fourth-order valence-corrected chi connectivity index (χ4v) is 2.27. The summed E-state index contributed by atoms with van der Waals surface area (Å²) in [6.45, 7) is 7.92. The highest BCUT2D eigenvalue weighted by molar-refractivity contribution is 5.94. The summed E-state index contributed by atoms with van der Waals surface area (Å²) in [6, 6.07) is 7.58. The predicted octanol–water partition coefficient (Wildman–Crippen LogP) is 1.44. The van der Waals surface area contributed by atoms with E-state index < -0.39 is 5.41 Å². The van der Waals surface area contributed by atoms with Crippen LogP contribution in [0.4, 0.5) is 0 Å². The molecule has 1 saturated heterocycles. The normalized spacial score (nSPS) is 18.0. The van der Waals surface area contributed by atoms with Gasteiger partial charge in [0.25, 0.3) is 5.91 Å². The van der Waals surface area contributed by atoms with Gasteiger partial charge in [0, 0.05) is 30.1 Å². The molecule has 0 spiro atoms. The number of benzene rings is 1. The second-order valence-electron chi connectivity index (χ2n) is 6.79. The van der Waals surface area contributed by atoms with Crippen LogP contribution in [0.2, 0.25) is 0 Å². The first kappa shape index (κ1) is 16.5. The molecule has 0 radical (unpaired) electrons. The van der Waals surface area contributed by atoms with Crippen molar-refractivity contribution in [1.82, 2.24) is 16.0 Å². The van der Waals surface area contributed by atoms with Crippen LogP contribution in [0.1, 0.15) is 43.1 Å². The minimum atomic E-state index is -0.394. The Morgan fingerprint density at radius 2 is 1.91 bits per heavy atom. The van der Waals surface area contributed by atoms with Crippen LogP contribution < -0.4 is 16.0 Å². The first-order valence-electron chi connectivity index (χ1n) is 7.75. The predicted molar refractivity (Wildman–Crippen MR) is 86.5 cm³/mol. The highest BCUT2D eigenvalue weighted by atomic mass is 16.2. The Hall–Kier alpha value is -1.88. The van der Waals surface area contributed by atoms with Gasteiger partial charge in [0.2, 0.25) is 5.91 Å². The van der Waals surface area contributed by atoms with E-state index >= 15 is 0 Å². The summed E-state index contributed by atoms with van der Waals surface area (Å²) >= 11 is 0. The van der Waals surface area contributed by atoms with Crippen LogP contribution in [0.5, 0.6) is 0 Å². The summed E-state index contributed by atoms with van der Waals surface area (Å²) in [5.41, 5.74) is 1.24. The molecule has 5 heteroatoms. The SMILES string of the molecule is CC(C)(C)C(=O)NCc1ccc(C(=O)NC2CCNC2)cc1. The molecule has 0 aromatic heterocycles. The lowest BCUT2D eigenvalue weighted by Gasteiger charge is -2.17. The Bertz CT molecular complexity index is 526. The lowest BCUT2D eigenvalue weighted by Crippen LogP contribution is -2.36. The molecule has 2 amide bonds. The second-order valence-corrected chi connectivity index (χ2v) is 6.79. The molecular weight excluding hydrogens is 278 g/mol. The van der Waals surface area contributed by atoms with Gasteiger partial charge in [0.05, 0.1) is 0 Å². The van der Waals surface area contributed by atoms with Crippen LogP contribution in [-0.2, 0) is 11.3 Å². The molecular formula is C17H25N3O2. The van der Waals surface area contributed by atoms with Crippen molar-refractivity contribution in [2.24, 2.45) is 5.41 Å². The molecule has 1 heterocycles. The van der Waals surface area contributed by atoms with Gasteiger partial charge in [0.1, 0.15) is 0 Å². The van der Waals surface area contributed by atoms with Gasteiger partial charge in [-0.1, -0.05) is 32.9 Å². The minimum absolute atomic E-state index is 0.0167. The van der Waals surface area contributed by atoms with Crippen molar-refractivity contribution >= 4 is 11.8 Å². The molecule has 1 aromatic rings. The van der Waals surface area contributed by atoms with E-state index in [1.807, 2.05) is 32.9 Å². The molecule has 1 aliphatic heterocycles. The number of hydrogen-bond donors (Lipinski definition) is 3. The summed E-state index contributed by atoms with van der Waals surface area (Å²) in [4.78, 5) is 23.9. The highest BCUT2D eigenvalue weighted by Gasteiger charge is 2.20. The number of hydrogen-bond acceptors (Lipinski definition) is 3. The maximum absolute atomic E-state index is 12.1. The molecule has 5 nitrogen and oxygen atoms in total. The fourth-order valence-electron chi connectivity index (χ4n) is 2.27. The van der Waals surface area contributed by atoms with Crippen LogP contribution >= 0.6 is 0 Å². The van der Waals surface area contributed by atoms with E-state index in [9.17, 15) is 9.59 Å². The van der Waals surface area contributed by atoms with Gasteiger partial charge in [-0.15, -0.1) is 0 Å². The topological polar surface area (TPSA) is 70.2 Å². The van der Waals surface area contributed by atoms with Crippen LogP contribution in [0.25, 0.3) is 0 Å². The Labute approximate surface area is 131 Å². The highest BCUT2D eigenvalue weighted by Crippen LogP contribution is 2.13. The Morgan fingerprint density at radius 1 is 1.23 bits per heavy atom. The summed E-state index contributed by atoms with van der Waals surface area (Å²) in [7, 11) is 0. The van der Waals surface area contributed by atoms with Crippen LogP contribution in [0.3, 0.4) is 0 Å². The Kier molecular flexibility index (Phi) is 5.19. The largest absolute Gasteiger partial charge is 0.352 e. The molecule has 22 heavy (non-hydrogen) atoms. The van der Waals surface area contributed by atoms with Crippen LogP contribution in [0, 0.1) is 5.41 Å². The zero-order valence-corrected chi connectivity index (χ0v) is 13.5. The number of carbonyl (C=O) groups is 2. The van der Waals surface area contributed by atoms with E-state index in [0.29, 0.717) is 12.1 Å². The molecule has 120 valence electrons. The summed E-state index contributed by atoms with van der Waals surface area (Å²) in [5.74, 6) is -0.0259. The van der Waals surface area contributed by atoms with Crippen molar-refractivity contribution in [3.63, 3.8) is 0 Å². The molecule has 1 aliphatic rings. The van der Waals surface area contributed by atoms with E-state index in [-0.39, 0.29) is 17.9 Å². The Balaban J connectivity index is 1.87. The van der Waals surface area contributed by atoms with Crippen molar-refractivity contribution in [2.45, 2.75) is 39.8 Å². The van der Waals surface area contributed by atoms with Gasteiger partial charge in [-0.05, 0) is 30.7 Å². The van der Waals surface area contributed by atoms with Crippen molar-refractivity contribution in [3.05, 3.63) is 35.4 Å². The molecule has 1 fully saturated rings. The zero-order valence-electron chi connectivity index (χ0n) is 13.5. The summed E-state index contributed by atoms with van der Waals surface area (Å²) in [6.07, 6.45) is 0.975. The first-order chi connectivity index (χ1) is 10.4. The Morgan fingerprint density at radius 3 is 2.45 bits per heavy atom. The third-order valence-corrected chi connectivity index (χ3v) is 3.75. The van der Waals surface area contributed by atoms with E-state index in [1.54, 1.807) is 12.1 Å². The van der Waals surface area contributed by atoms with Crippen molar-refractivity contribution < 1.29 is 9.59 Å². The van der Waals surface area contributed by atoms with Crippen molar-refractivity contribution in [2.75, 3.05) is 13.1 Å². The summed E-state index contributed by atoms with van der Waals surface area (Å²) < 4.78 is 0. The van der Waals surface area contributed by atoms with Gasteiger partial charge < -0.3 is 16.0 Å². The number of nitrogens with one attached hydrogen (secondary N) is 3. The quantitative estimate of drug-likeness (QED) is 0.788. The minimum Gasteiger partial charge on any atom is -0.352 e. The van der Waals surface area contributed by atoms with Crippen LogP contribution in [0.15, 0.2) is 24.3 Å². The number of amides is 2. The average Bonchev–Trinajstić information content (AvgIpc) is 2.97. The van der Waals surface area contributed by atoms with E-state index in [2.05, 4.69) is 16.0 Å². The van der Waals surface area contributed by atoms with Gasteiger partial charge in [-0.2, -0.15) is 0 Å². The molecule has 1 atom stereocenters. The van der Waals surface area contributed by atoms with Gasteiger partial charge in [0.15, 0.2) is 0 Å². The van der Waals surface area contributed by atoms with Crippen LogP contribution in [-0.4, -0.2) is 30.9 Å². The molecule has 1 aromatic carbocycles. The molecule has 0 aliphatic carbocycles. The third kappa shape index (κ3) is 4.56. The second kappa shape index (κ2) is 6.92. The number of carbonyl (C=O) groups excluding carboxylic acids is 2. The lowest BCUT2D eigenvalue weighted by atomic mass is 9.95. The standard InChI is InChI=1S/C17H25N3O2/c1-17(2,3)16(22)19-10-12-4-6-13(7-5-12)15(21)20-14-8-9-18-11-14/h4-7,14,18H,8-11H2,1-3H3,(H,19,22)(H,20,21). The van der Waals surface area contributed by atoms with Gasteiger partial charge >= 0.3 is 0 Å². The van der Waals surface area contributed by atoms with E-state index in [1.165, 1.54) is 0 Å². The average molecular weight is 303 g/mol. The van der Waals surface area contributed by atoms with Crippen molar-refractivity contribution in [1.29, 1.82) is 0 Å². The summed E-state index contributed by atoms with van der Waals surface area (Å²) in [5, 5.41) is 9.13. The maximum Gasteiger partial charge on any atom is 0.251 e. The molecule has 0 bridgehead atoms. The molecule has 2 rings (SSSR count).